The van der Waals surface area contributed by atoms with E-state index in [0.717, 1.165) is 0 Å². The summed E-state index contributed by atoms with van der Waals surface area (Å²) in [5.74, 6) is 0. The molecule has 0 saturated heterocycles. The first-order valence-electron chi connectivity index (χ1n) is 3.82. The van der Waals surface area contributed by atoms with Gasteiger partial charge in [-0.2, -0.15) is 0 Å². The normalized spacial score (nSPS) is 13.5. The van der Waals surface area contributed by atoms with Gasteiger partial charge in [-0.1, -0.05) is 6.08 Å². The van der Waals surface area contributed by atoms with Gasteiger partial charge in [-0.3, -0.25) is 4.57 Å². The Morgan fingerprint density at radius 3 is 2.08 bits per heavy atom. The van der Waals surface area contributed by atoms with E-state index in [2.05, 4.69) is 15.9 Å². The monoisotopic (exact) mass is 256 g/mol. The van der Waals surface area contributed by atoms with E-state index in [4.69, 9.17) is 9.05 Å². The molecule has 0 aromatic carbocycles. The van der Waals surface area contributed by atoms with Gasteiger partial charge in [0, 0.05) is 0 Å². The number of hydrogen-bond acceptors (Lipinski definition) is 3. The SMILES string of the molecule is C/C=C(\Br)P(=O)(OCC)OCC. The fourth-order valence-electron chi connectivity index (χ4n) is 0.659. The van der Waals surface area contributed by atoms with Gasteiger partial charge in [-0.05, 0) is 36.7 Å². The number of allylic oxidation sites excluding steroid dienone is 1. The molecule has 0 saturated carbocycles. The van der Waals surface area contributed by atoms with Crippen LogP contribution in [-0.2, 0) is 13.6 Å². The van der Waals surface area contributed by atoms with Crippen molar-refractivity contribution < 1.29 is 13.6 Å². The lowest BCUT2D eigenvalue weighted by molar-refractivity contribution is 0.228. The first-order valence-corrected chi connectivity index (χ1v) is 6.15. The van der Waals surface area contributed by atoms with Crippen molar-refractivity contribution >= 4 is 23.5 Å². The molecule has 0 aliphatic carbocycles. The van der Waals surface area contributed by atoms with Crippen LogP contribution in [0.25, 0.3) is 0 Å². The van der Waals surface area contributed by atoms with E-state index in [0.29, 0.717) is 17.4 Å². The third-order valence-electron chi connectivity index (χ3n) is 1.10. The van der Waals surface area contributed by atoms with Gasteiger partial charge in [0.25, 0.3) is 0 Å². The smallest absolute Gasteiger partial charge is 0.305 e. The van der Waals surface area contributed by atoms with Crippen LogP contribution >= 0.6 is 23.5 Å². The zero-order chi connectivity index (χ0) is 9.61. The summed E-state index contributed by atoms with van der Waals surface area (Å²) >= 11 is 3.15. The van der Waals surface area contributed by atoms with Crippen molar-refractivity contribution in [2.45, 2.75) is 20.8 Å². The average molecular weight is 257 g/mol. The second-order valence-corrected chi connectivity index (χ2v) is 5.40. The first kappa shape index (κ1) is 12.4. The number of hydrogen-bond donors (Lipinski definition) is 0. The zero-order valence-electron chi connectivity index (χ0n) is 7.54. The van der Waals surface area contributed by atoms with Crippen molar-refractivity contribution in [2.24, 2.45) is 0 Å². The summed E-state index contributed by atoms with van der Waals surface area (Å²) in [6.45, 7) is 6.08. The van der Waals surface area contributed by atoms with Crippen molar-refractivity contribution in [1.82, 2.24) is 0 Å². The topological polar surface area (TPSA) is 35.5 Å². The summed E-state index contributed by atoms with van der Waals surface area (Å²) in [5, 5.41) is 0. The van der Waals surface area contributed by atoms with Crippen LogP contribution in [0.2, 0.25) is 0 Å². The molecule has 72 valence electrons. The zero-order valence-corrected chi connectivity index (χ0v) is 10.0. The molecule has 0 bridgehead atoms. The van der Waals surface area contributed by atoms with Gasteiger partial charge in [0.2, 0.25) is 0 Å². The maximum Gasteiger partial charge on any atom is 0.367 e. The van der Waals surface area contributed by atoms with Gasteiger partial charge < -0.3 is 9.05 Å². The molecule has 0 aromatic heterocycles. The van der Waals surface area contributed by atoms with Gasteiger partial charge in [0.15, 0.2) is 0 Å². The summed E-state index contributed by atoms with van der Waals surface area (Å²) in [7, 11) is -3.03. The summed E-state index contributed by atoms with van der Waals surface area (Å²) in [6, 6.07) is 0. The molecule has 5 heteroatoms. The highest BCUT2D eigenvalue weighted by molar-refractivity contribution is 9.13. The highest BCUT2D eigenvalue weighted by Crippen LogP contribution is 2.58. The van der Waals surface area contributed by atoms with E-state index in [1.165, 1.54) is 0 Å². The van der Waals surface area contributed by atoms with Crippen LogP contribution in [0.5, 0.6) is 0 Å². The van der Waals surface area contributed by atoms with Gasteiger partial charge in [0.05, 0.1) is 13.2 Å². The summed E-state index contributed by atoms with van der Waals surface area (Å²) in [5.41, 5.74) is 0. The lowest BCUT2D eigenvalue weighted by Gasteiger charge is -2.15. The Kier molecular flexibility index (Phi) is 6.10. The molecule has 0 rings (SSSR count). The molecule has 0 fully saturated rings. The fourth-order valence-corrected chi connectivity index (χ4v) is 2.59. The second kappa shape index (κ2) is 5.92. The van der Waals surface area contributed by atoms with Crippen molar-refractivity contribution in [3.8, 4) is 0 Å². The minimum absolute atomic E-state index is 0.375. The van der Waals surface area contributed by atoms with Gasteiger partial charge in [-0.15, -0.1) is 0 Å². The predicted octanol–water partition coefficient (Wildman–Crippen LogP) is 3.51. The van der Waals surface area contributed by atoms with E-state index in [1.807, 2.05) is 0 Å². The van der Waals surface area contributed by atoms with E-state index in [9.17, 15) is 4.57 Å². The van der Waals surface area contributed by atoms with Crippen molar-refractivity contribution in [2.75, 3.05) is 13.2 Å². The van der Waals surface area contributed by atoms with Crippen LogP contribution in [0.4, 0.5) is 0 Å². The molecular weight excluding hydrogens is 243 g/mol. The maximum atomic E-state index is 11.8. The molecule has 0 atom stereocenters. The van der Waals surface area contributed by atoms with Gasteiger partial charge >= 0.3 is 7.60 Å². The van der Waals surface area contributed by atoms with Gasteiger partial charge in [0.1, 0.15) is 4.22 Å². The van der Waals surface area contributed by atoms with E-state index >= 15 is 0 Å². The maximum absolute atomic E-state index is 11.8. The Hall–Kier alpha value is 0.370. The molecule has 0 aromatic rings. The van der Waals surface area contributed by atoms with Gasteiger partial charge in [-0.25, -0.2) is 0 Å². The third kappa shape index (κ3) is 3.40. The lowest BCUT2D eigenvalue weighted by atomic mass is 10.8. The predicted molar refractivity (Wildman–Crippen MR) is 53.5 cm³/mol. The van der Waals surface area contributed by atoms with E-state index in [-0.39, 0.29) is 0 Å². The van der Waals surface area contributed by atoms with Crippen molar-refractivity contribution in [1.29, 1.82) is 0 Å². The van der Waals surface area contributed by atoms with Crippen LogP contribution in [0.1, 0.15) is 20.8 Å². The second-order valence-electron chi connectivity index (χ2n) is 1.94. The first-order chi connectivity index (χ1) is 5.60. The van der Waals surface area contributed by atoms with E-state index < -0.39 is 7.60 Å². The van der Waals surface area contributed by atoms with E-state index in [1.54, 1.807) is 26.8 Å². The Morgan fingerprint density at radius 2 is 1.83 bits per heavy atom. The van der Waals surface area contributed by atoms with Crippen LogP contribution < -0.4 is 0 Å². The summed E-state index contributed by atoms with van der Waals surface area (Å²) in [4.78, 5) is 0. The summed E-state index contributed by atoms with van der Waals surface area (Å²) in [6.07, 6.45) is 1.67. The standard InChI is InChI=1S/C7H14BrO3P/c1-4-7(8)12(9,10-5-2)11-6-3/h4H,5-6H2,1-3H3/b7-4+. The van der Waals surface area contributed by atoms with Crippen LogP contribution in [0.3, 0.4) is 0 Å². The third-order valence-corrected chi connectivity index (χ3v) is 4.84. The molecule has 0 amide bonds. The quantitative estimate of drug-likeness (QED) is 0.707. The van der Waals surface area contributed by atoms with Crippen LogP contribution in [0, 0.1) is 0 Å². The Bertz CT molecular complexity index is 193. The highest BCUT2D eigenvalue weighted by atomic mass is 79.9. The minimum atomic E-state index is -3.03. The molecule has 0 aliphatic rings. The van der Waals surface area contributed by atoms with Crippen molar-refractivity contribution in [3.63, 3.8) is 0 Å². The fraction of sp³-hybridized carbons (Fsp3) is 0.714. The Balaban J connectivity index is 4.50. The molecule has 3 nitrogen and oxygen atoms in total. The Morgan fingerprint density at radius 1 is 1.42 bits per heavy atom. The lowest BCUT2D eigenvalue weighted by Crippen LogP contribution is -1.95. The molecule has 12 heavy (non-hydrogen) atoms. The largest absolute Gasteiger partial charge is 0.367 e. The van der Waals surface area contributed by atoms with Crippen LogP contribution in [-0.4, -0.2) is 13.2 Å². The highest BCUT2D eigenvalue weighted by Gasteiger charge is 2.26. The number of halogens is 1. The van der Waals surface area contributed by atoms with Crippen molar-refractivity contribution in [3.05, 3.63) is 10.3 Å². The van der Waals surface area contributed by atoms with Crippen LogP contribution in [0.15, 0.2) is 10.3 Å². The molecule has 0 radical (unpaired) electrons. The Labute approximate surface area is 81.8 Å². The minimum Gasteiger partial charge on any atom is -0.305 e. The molecular formula is C7H14BrO3P. The molecule has 0 heterocycles. The molecule has 0 unspecified atom stereocenters. The number of rotatable bonds is 5. The summed E-state index contributed by atoms with van der Waals surface area (Å²) < 4.78 is 22.4. The molecule has 0 N–H and O–H groups in total. The average Bonchev–Trinajstić information content (AvgIpc) is 2.04. The molecule has 0 spiro atoms. The molecule has 0 aliphatic heterocycles.